The van der Waals surface area contributed by atoms with Crippen molar-refractivity contribution in [2.45, 2.75) is 51.2 Å². The highest BCUT2D eigenvalue weighted by molar-refractivity contribution is 7.98. The number of nitrogens with two attached hydrogens (primary N) is 2. The molecule has 4 amide bonds. The van der Waals surface area contributed by atoms with E-state index in [1.54, 1.807) is 6.26 Å². The normalized spacial score (nSPS) is 14.8. The van der Waals surface area contributed by atoms with Crippen LogP contribution in [0, 0.1) is 5.92 Å². The van der Waals surface area contributed by atoms with Crippen LogP contribution in [0.25, 0.3) is 0 Å². The van der Waals surface area contributed by atoms with Gasteiger partial charge in [-0.3, -0.25) is 19.2 Å². The molecule has 0 saturated heterocycles. The van der Waals surface area contributed by atoms with Crippen LogP contribution in [0.5, 0.6) is 0 Å². The number of carboxylic acid groups (broad SMARTS) is 1. The number of thioether (sulfide) groups is 1. The van der Waals surface area contributed by atoms with Crippen LogP contribution in [0.3, 0.4) is 0 Å². The summed E-state index contributed by atoms with van der Waals surface area (Å²) < 4.78 is 0. The Hall–Kier alpha value is -2.34. The number of hydrogen-bond acceptors (Lipinski definition) is 7. The van der Waals surface area contributed by atoms with Crippen molar-refractivity contribution < 1.29 is 29.1 Å². The molecule has 0 aliphatic rings. The fraction of sp³-hybridized carbons (Fsp3) is 0.706. The Kier molecular flexibility index (Phi) is 12.7. The van der Waals surface area contributed by atoms with E-state index in [2.05, 4.69) is 16.0 Å². The second-order valence-corrected chi connectivity index (χ2v) is 7.59. The third-order valence-electron chi connectivity index (χ3n) is 4.27. The van der Waals surface area contributed by atoms with Crippen molar-refractivity contribution in [1.82, 2.24) is 16.0 Å². The molecule has 8 N–H and O–H groups in total. The van der Waals surface area contributed by atoms with Crippen LogP contribution in [-0.4, -0.2) is 71.4 Å². The summed E-state index contributed by atoms with van der Waals surface area (Å²) in [6.45, 7) is 3.33. The van der Waals surface area contributed by atoms with E-state index in [0.717, 1.165) is 0 Å². The van der Waals surface area contributed by atoms with Crippen LogP contribution in [0.1, 0.15) is 33.1 Å². The zero-order valence-corrected chi connectivity index (χ0v) is 17.7. The van der Waals surface area contributed by atoms with E-state index in [1.807, 2.05) is 13.8 Å². The third-order valence-corrected chi connectivity index (χ3v) is 4.91. The highest BCUT2D eigenvalue weighted by atomic mass is 32.2. The molecule has 0 aromatic rings. The van der Waals surface area contributed by atoms with Crippen molar-refractivity contribution in [2.24, 2.45) is 17.4 Å². The average molecular weight is 434 g/mol. The van der Waals surface area contributed by atoms with Crippen LogP contribution in [0.15, 0.2) is 0 Å². The zero-order valence-electron chi connectivity index (χ0n) is 16.9. The van der Waals surface area contributed by atoms with Crippen LogP contribution < -0.4 is 27.4 Å². The first kappa shape index (κ1) is 26.7. The summed E-state index contributed by atoms with van der Waals surface area (Å²) in [6, 6.07) is -3.29. The molecule has 29 heavy (non-hydrogen) atoms. The molecule has 0 aromatic carbocycles. The lowest BCUT2D eigenvalue weighted by atomic mass is 9.99. The smallest absolute Gasteiger partial charge is 0.326 e. The fourth-order valence-electron chi connectivity index (χ4n) is 2.22. The Morgan fingerprint density at radius 1 is 1.07 bits per heavy atom. The number of nitrogens with one attached hydrogen (secondary N) is 3. The van der Waals surface area contributed by atoms with Gasteiger partial charge in [0.15, 0.2) is 0 Å². The molecule has 0 radical (unpaired) electrons. The molecular weight excluding hydrogens is 402 g/mol. The Balaban J connectivity index is 4.89. The van der Waals surface area contributed by atoms with E-state index in [9.17, 15) is 24.0 Å². The number of amides is 4. The number of carbonyl (C=O) groups excluding carboxylic acids is 4. The van der Waals surface area contributed by atoms with Crippen molar-refractivity contribution >= 4 is 41.4 Å². The average Bonchev–Trinajstić information content (AvgIpc) is 2.66. The summed E-state index contributed by atoms with van der Waals surface area (Å²) in [6.07, 6.45) is 2.16. The molecule has 0 spiro atoms. The SMILES string of the molecule is CCC(C)C(N)C(=O)NCC(=O)NC(CCSC)C(=O)NC(CC(N)=O)C(=O)O. The van der Waals surface area contributed by atoms with Gasteiger partial charge in [-0.2, -0.15) is 11.8 Å². The lowest BCUT2D eigenvalue weighted by Gasteiger charge is -2.21. The van der Waals surface area contributed by atoms with Gasteiger partial charge in [0.25, 0.3) is 0 Å². The maximum Gasteiger partial charge on any atom is 0.326 e. The second kappa shape index (κ2) is 13.8. The number of rotatable bonds is 14. The molecule has 4 unspecified atom stereocenters. The predicted octanol–water partition coefficient (Wildman–Crippen LogP) is -1.84. The maximum absolute atomic E-state index is 12.4. The van der Waals surface area contributed by atoms with Gasteiger partial charge in [0.2, 0.25) is 23.6 Å². The Morgan fingerprint density at radius 2 is 1.69 bits per heavy atom. The fourth-order valence-corrected chi connectivity index (χ4v) is 2.69. The molecule has 0 saturated carbocycles. The van der Waals surface area contributed by atoms with Gasteiger partial charge in [-0.1, -0.05) is 20.3 Å². The molecule has 0 rings (SSSR count). The Bertz CT molecular complexity index is 603. The standard InChI is InChI=1S/C17H31N5O6S/c1-4-9(2)14(19)16(26)20-8-13(24)21-10(5-6-29-3)15(25)22-11(17(27)28)7-12(18)23/h9-11,14H,4-8,19H2,1-3H3,(H2,18,23)(H,20,26)(H,21,24)(H,22,25)(H,27,28). The van der Waals surface area contributed by atoms with Crippen molar-refractivity contribution in [3.05, 3.63) is 0 Å². The van der Waals surface area contributed by atoms with Crippen molar-refractivity contribution in [1.29, 1.82) is 0 Å². The van der Waals surface area contributed by atoms with E-state index in [4.69, 9.17) is 16.6 Å². The van der Waals surface area contributed by atoms with Gasteiger partial charge in [0.1, 0.15) is 12.1 Å². The van der Waals surface area contributed by atoms with E-state index < -0.39 is 54.1 Å². The van der Waals surface area contributed by atoms with Gasteiger partial charge in [-0.25, -0.2) is 4.79 Å². The molecule has 166 valence electrons. The van der Waals surface area contributed by atoms with E-state index in [1.165, 1.54) is 11.8 Å². The quantitative estimate of drug-likeness (QED) is 0.184. The monoisotopic (exact) mass is 433 g/mol. The summed E-state index contributed by atoms with van der Waals surface area (Å²) in [5.74, 6) is -3.72. The first-order valence-corrected chi connectivity index (χ1v) is 10.6. The third kappa shape index (κ3) is 10.7. The first-order chi connectivity index (χ1) is 13.5. The Morgan fingerprint density at radius 3 is 2.17 bits per heavy atom. The molecule has 0 heterocycles. The summed E-state index contributed by atoms with van der Waals surface area (Å²) >= 11 is 1.43. The number of hydrogen-bond donors (Lipinski definition) is 6. The van der Waals surface area contributed by atoms with Gasteiger partial charge in [-0.15, -0.1) is 0 Å². The zero-order chi connectivity index (χ0) is 22.6. The molecule has 0 aliphatic heterocycles. The molecule has 0 fully saturated rings. The summed E-state index contributed by atoms with van der Waals surface area (Å²) in [5.41, 5.74) is 10.8. The van der Waals surface area contributed by atoms with Crippen LogP contribution in [-0.2, 0) is 24.0 Å². The van der Waals surface area contributed by atoms with E-state index >= 15 is 0 Å². The van der Waals surface area contributed by atoms with Gasteiger partial charge >= 0.3 is 5.97 Å². The molecular formula is C17H31N5O6S. The first-order valence-electron chi connectivity index (χ1n) is 9.16. The number of aliphatic carboxylic acids is 1. The highest BCUT2D eigenvalue weighted by Crippen LogP contribution is 2.05. The van der Waals surface area contributed by atoms with Gasteiger partial charge in [-0.05, 0) is 24.3 Å². The van der Waals surface area contributed by atoms with Crippen LogP contribution in [0.4, 0.5) is 0 Å². The molecule has 0 aromatic heterocycles. The lowest BCUT2D eigenvalue weighted by Crippen LogP contribution is -2.54. The van der Waals surface area contributed by atoms with Crippen molar-refractivity contribution in [2.75, 3.05) is 18.6 Å². The number of carboxylic acids is 1. The summed E-state index contributed by atoms with van der Waals surface area (Å²) in [7, 11) is 0. The van der Waals surface area contributed by atoms with Crippen molar-refractivity contribution in [3.8, 4) is 0 Å². The maximum atomic E-state index is 12.4. The van der Waals surface area contributed by atoms with E-state index in [0.29, 0.717) is 12.2 Å². The molecule has 11 nitrogen and oxygen atoms in total. The molecule has 12 heteroatoms. The minimum atomic E-state index is -1.50. The van der Waals surface area contributed by atoms with Gasteiger partial charge in [0.05, 0.1) is 19.0 Å². The molecule has 0 bridgehead atoms. The largest absolute Gasteiger partial charge is 0.480 e. The summed E-state index contributed by atoms with van der Waals surface area (Å²) in [5, 5.41) is 16.2. The van der Waals surface area contributed by atoms with E-state index in [-0.39, 0.29) is 18.9 Å². The lowest BCUT2D eigenvalue weighted by molar-refractivity contribution is -0.143. The van der Waals surface area contributed by atoms with Gasteiger partial charge < -0.3 is 32.5 Å². The van der Waals surface area contributed by atoms with Gasteiger partial charge in [0, 0.05) is 0 Å². The topological polar surface area (TPSA) is 194 Å². The molecule has 0 aliphatic carbocycles. The number of carbonyl (C=O) groups is 5. The van der Waals surface area contributed by atoms with Crippen LogP contribution >= 0.6 is 11.8 Å². The minimum absolute atomic E-state index is 0.0589. The Labute approximate surface area is 174 Å². The highest BCUT2D eigenvalue weighted by Gasteiger charge is 2.28. The van der Waals surface area contributed by atoms with Crippen molar-refractivity contribution in [3.63, 3.8) is 0 Å². The summed E-state index contributed by atoms with van der Waals surface area (Å²) in [4.78, 5) is 58.6. The molecule has 4 atom stereocenters. The second-order valence-electron chi connectivity index (χ2n) is 6.60. The predicted molar refractivity (Wildman–Crippen MR) is 109 cm³/mol. The number of primary amides is 1. The van der Waals surface area contributed by atoms with Crippen LogP contribution in [0.2, 0.25) is 0 Å². The minimum Gasteiger partial charge on any atom is -0.480 e.